The van der Waals surface area contributed by atoms with Crippen LogP contribution in [0.5, 0.6) is 5.75 Å². The fraction of sp³-hybridized carbons (Fsp3) is 0.296. The van der Waals surface area contributed by atoms with E-state index in [1.54, 1.807) is 36.7 Å². The van der Waals surface area contributed by atoms with Crippen LogP contribution in [-0.2, 0) is 21.4 Å². The van der Waals surface area contributed by atoms with E-state index in [4.69, 9.17) is 9.84 Å². The molecule has 1 saturated carbocycles. The Morgan fingerprint density at radius 2 is 2.03 bits per heavy atom. The zero-order chi connectivity index (χ0) is 24.4. The number of hydrogen-bond donors (Lipinski definition) is 2. The number of carbonyl (C=O) groups is 2. The molecule has 8 nitrogen and oxygen atoms in total. The number of nitrogens with one attached hydrogen (secondary N) is 1. The summed E-state index contributed by atoms with van der Waals surface area (Å²) in [6.45, 7) is 0.544. The third kappa shape index (κ3) is 4.45. The number of aromatic nitrogens is 2. The number of carboxylic acids is 1. The Morgan fingerprint density at radius 3 is 2.80 bits per heavy atom. The maximum absolute atomic E-state index is 13.4. The van der Waals surface area contributed by atoms with Gasteiger partial charge in [0.25, 0.3) is 0 Å². The minimum atomic E-state index is -0.859. The SMILES string of the molecule is N#Cc1ccc(CCCC(=O)O)c(NC(=O)[C@@H]2C[C@]23CCOc2ccc(-c4ncccn4)cc23)c1. The van der Waals surface area contributed by atoms with Gasteiger partial charge in [-0.3, -0.25) is 9.59 Å². The Hall–Kier alpha value is -4.25. The van der Waals surface area contributed by atoms with Gasteiger partial charge in [0.1, 0.15) is 5.75 Å². The lowest BCUT2D eigenvalue weighted by Gasteiger charge is -2.27. The van der Waals surface area contributed by atoms with E-state index in [1.165, 1.54) is 0 Å². The number of anilines is 1. The lowest BCUT2D eigenvalue weighted by atomic mass is 9.86. The Labute approximate surface area is 202 Å². The van der Waals surface area contributed by atoms with Gasteiger partial charge >= 0.3 is 5.97 Å². The molecule has 176 valence electrons. The van der Waals surface area contributed by atoms with Crippen LogP contribution < -0.4 is 10.1 Å². The molecular formula is C27H24N4O4. The topological polar surface area (TPSA) is 125 Å². The van der Waals surface area contributed by atoms with E-state index in [1.807, 2.05) is 18.2 Å². The largest absolute Gasteiger partial charge is 0.493 e. The van der Waals surface area contributed by atoms with E-state index >= 15 is 0 Å². The average molecular weight is 469 g/mol. The van der Waals surface area contributed by atoms with Gasteiger partial charge in [0.15, 0.2) is 5.82 Å². The number of rotatable bonds is 7. The molecular weight excluding hydrogens is 444 g/mol. The predicted molar refractivity (Wildman–Crippen MR) is 128 cm³/mol. The van der Waals surface area contributed by atoms with E-state index in [2.05, 4.69) is 21.4 Å². The molecule has 1 aliphatic heterocycles. The number of carbonyl (C=O) groups excluding carboxylic acids is 1. The Bertz CT molecular complexity index is 1330. The molecule has 0 unspecified atom stereocenters. The Morgan fingerprint density at radius 1 is 1.20 bits per heavy atom. The standard InChI is InChI=1S/C27H24N4O4/c28-16-17-5-6-18(3-1-4-24(32)33)22(13-17)31-26(34)21-15-27(21)9-12-35-23-8-7-19(14-20(23)27)25-29-10-2-11-30-25/h2,5-8,10-11,13-14,21H,1,3-4,9,12,15H2,(H,31,34)(H,32,33)/t21-,27-/m0/s1. The van der Waals surface area contributed by atoms with Crippen molar-refractivity contribution in [2.24, 2.45) is 5.92 Å². The van der Waals surface area contributed by atoms with Crippen molar-refractivity contribution in [3.8, 4) is 23.2 Å². The molecule has 2 aliphatic rings. The lowest BCUT2D eigenvalue weighted by Crippen LogP contribution is -2.27. The summed E-state index contributed by atoms with van der Waals surface area (Å²) in [5.41, 5.74) is 3.41. The first kappa shape index (κ1) is 22.5. The number of carboxylic acid groups (broad SMARTS) is 1. The minimum Gasteiger partial charge on any atom is -0.493 e. The number of aryl methyl sites for hydroxylation is 1. The van der Waals surface area contributed by atoms with Gasteiger partial charge in [-0.1, -0.05) is 6.07 Å². The second kappa shape index (κ2) is 9.18. The number of nitrogens with zero attached hydrogens (tertiary/aromatic N) is 3. The second-order valence-electron chi connectivity index (χ2n) is 9.01. The van der Waals surface area contributed by atoms with Gasteiger partial charge in [-0.05, 0) is 67.6 Å². The number of nitriles is 1. The zero-order valence-corrected chi connectivity index (χ0v) is 19.0. The smallest absolute Gasteiger partial charge is 0.303 e. The highest BCUT2D eigenvalue weighted by atomic mass is 16.5. The van der Waals surface area contributed by atoms with Crippen LogP contribution in [0.1, 0.15) is 42.4 Å². The van der Waals surface area contributed by atoms with Gasteiger partial charge in [-0.25, -0.2) is 9.97 Å². The fourth-order valence-corrected chi connectivity index (χ4v) is 4.96. The predicted octanol–water partition coefficient (Wildman–Crippen LogP) is 4.10. The molecule has 2 aromatic carbocycles. The van der Waals surface area contributed by atoms with Crippen molar-refractivity contribution in [1.29, 1.82) is 5.26 Å². The summed E-state index contributed by atoms with van der Waals surface area (Å²) in [7, 11) is 0. The molecule has 1 aliphatic carbocycles. The summed E-state index contributed by atoms with van der Waals surface area (Å²) >= 11 is 0. The summed E-state index contributed by atoms with van der Waals surface area (Å²) in [4.78, 5) is 33.0. The molecule has 1 amide bonds. The summed E-state index contributed by atoms with van der Waals surface area (Å²) in [6.07, 6.45) is 5.84. The number of hydrogen-bond acceptors (Lipinski definition) is 6. The molecule has 35 heavy (non-hydrogen) atoms. The molecule has 5 rings (SSSR count). The second-order valence-corrected chi connectivity index (χ2v) is 9.01. The van der Waals surface area contributed by atoms with Gasteiger partial charge in [0.05, 0.1) is 18.2 Å². The van der Waals surface area contributed by atoms with Crippen LogP contribution in [0.4, 0.5) is 5.69 Å². The van der Waals surface area contributed by atoms with Gasteiger partial charge < -0.3 is 15.2 Å². The normalized spacial score (nSPS) is 19.8. The Balaban J connectivity index is 1.38. The number of aliphatic carboxylic acids is 1. The molecule has 3 aromatic rings. The first-order valence-corrected chi connectivity index (χ1v) is 11.6. The highest BCUT2D eigenvalue weighted by Gasteiger charge is 2.61. The number of amides is 1. The lowest BCUT2D eigenvalue weighted by molar-refractivity contribution is -0.137. The van der Waals surface area contributed by atoms with Crippen LogP contribution in [0.2, 0.25) is 0 Å². The molecule has 2 N–H and O–H groups in total. The van der Waals surface area contributed by atoms with Crippen LogP contribution >= 0.6 is 0 Å². The van der Waals surface area contributed by atoms with Crippen LogP contribution in [0.25, 0.3) is 11.4 Å². The van der Waals surface area contributed by atoms with Gasteiger partial charge in [0, 0.05) is 47.0 Å². The summed E-state index contributed by atoms with van der Waals surface area (Å²) in [5, 5.41) is 21.3. The number of ether oxygens (including phenoxy) is 1. The van der Waals surface area contributed by atoms with Crippen molar-refractivity contribution >= 4 is 17.6 Å². The van der Waals surface area contributed by atoms with Crippen LogP contribution in [0.15, 0.2) is 54.9 Å². The maximum atomic E-state index is 13.4. The zero-order valence-electron chi connectivity index (χ0n) is 19.0. The maximum Gasteiger partial charge on any atom is 0.303 e. The molecule has 1 fully saturated rings. The van der Waals surface area contributed by atoms with Crippen molar-refractivity contribution in [3.05, 3.63) is 71.5 Å². The molecule has 0 saturated heterocycles. The Kier molecular flexibility index (Phi) is 5.91. The third-order valence-electron chi connectivity index (χ3n) is 6.87. The van der Waals surface area contributed by atoms with E-state index in [0.717, 1.165) is 28.9 Å². The molecule has 0 bridgehead atoms. The summed E-state index contributed by atoms with van der Waals surface area (Å²) < 4.78 is 5.89. The third-order valence-corrected chi connectivity index (χ3v) is 6.87. The van der Waals surface area contributed by atoms with Crippen molar-refractivity contribution in [2.45, 2.75) is 37.5 Å². The first-order chi connectivity index (χ1) is 17.0. The highest BCUT2D eigenvalue weighted by molar-refractivity contribution is 5.97. The van der Waals surface area contributed by atoms with Crippen molar-refractivity contribution in [2.75, 3.05) is 11.9 Å². The molecule has 1 aromatic heterocycles. The summed E-state index contributed by atoms with van der Waals surface area (Å²) in [5.74, 6) is 0.218. The average Bonchev–Trinajstić information content (AvgIpc) is 3.60. The molecule has 2 atom stereocenters. The van der Waals surface area contributed by atoms with E-state index in [9.17, 15) is 14.9 Å². The molecule has 8 heteroatoms. The van der Waals surface area contributed by atoms with E-state index in [-0.39, 0.29) is 23.7 Å². The van der Waals surface area contributed by atoms with Crippen LogP contribution in [0, 0.1) is 17.2 Å². The first-order valence-electron chi connectivity index (χ1n) is 11.6. The van der Waals surface area contributed by atoms with Gasteiger partial charge in [-0.2, -0.15) is 5.26 Å². The number of fused-ring (bicyclic) bond motifs is 2. The number of benzene rings is 2. The van der Waals surface area contributed by atoms with Crippen molar-refractivity contribution in [1.82, 2.24) is 9.97 Å². The molecule has 1 spiro atoms. The van der Waals surface area contributed by atoms with Crippen molar-refractivity contribution < 1.29 is 19.4 Å². The van der Waals surface area contributed by atoms with E-state index < -0.39 is 5.97 Å². The van der Waals surface area contributed by atoms with Gasteiger partial charge in [0.2, 0.25) is 5.91 Å². The highest BCUT2D eigenvalue weighted by Crippen LogP contribution is 2.61. The van der Waals surface area contributed by atoms with Crippen LogP contribution in [0.3, 0.4) is 0 Å². The minimum absolute atomic E-state index is 0.0450. The van der Waals surface area contributed by atoms with Crippen LogP contribution in [-0.4, -0.2) is 33.6 Å². The monoisotopic (exact) mass is 468 g/mol. The van der Waals surface area contributed by atoms with E-state index in [0.29, 0.717) is 42.9 Å². The fourth-order valence-electron chi connectivity index (χ4n) is 4.96. The quantitative estimate of drug-likeness (QED) is 0.535. The van der Waals surface area contributed by atoms with Gasteiger partial charge in [-0.15, -0.1) is 0 Å². The molecule has 0 radical (unpaired) electrons. The molecule has 2 heterocycles. The van der Waals surface area contributed by atoms with Crippen molar-refractivity contribution in [3.63, 3.8) is 0 Å². The summed E-state index contributed by atoms with van der Waals surface area (Å²) in [6, 6.07) is 14.9.